The van der Waals surface area contributed by atoms with Crippen LogP contribution >= 0.6 is 11.3 Å². The molecule has 0 bridgehead atoms. The van der Waals surface area contributed by atoms with Gasteiger partial charge in [0.05, 0.1) is 21.5 Å². The Hall–Kier alpha value is -3.50. The van der Waals surface area contributed by atoms with Gasteiger partial charge in [0.15, 0.2) is 0 Å². The Morgan fingerprint density at radius 1 is 0.636 bits per heavy atom. The molecule has 0 saturated carbocycles. The van der Waals surface area contributed by atoms with Crippen molar-refractivity contribution in [3.05, 3.63) is 138 Å². The van der Waals surface area contributed by atoms with Crippen LogP contribution in [0.4, 0.5) is 4.39 Å². The van der Waals surface area contributed by atoms with Crippen molar-refractivity contribution in [2.24, 2.45) is 29.6 Å². The van der Waals surface area contributed by atoms with Crippen LogP contribution in [-0.4, -0.2) is 4.98 Å². The fraction of sp³-hybridized carbons (Fsp3) is 0.510. The molecule has 0 spiro atoms. The first kappa shape index (κ1) is 51.5. The number of halogens is 1. The van der Waals surface area contributed by atoms with Crippen LogP contribution < -0.4 is 0 Å². The SMILES string of the molecule is C=CC(C)C(C)C.CC(C)CC(C)C.CC(C)CCc1ccccc1.CC(C)c1ccc(F)cc1.CC(C)c1ccco1.CC(C)c1nc2ccccc2s1. The van der Waals surface area contributed by atoms with Crippen LogP contribution in [0.25, 0.3) is 10.2 Å². The highest BCUT2D eigenvalue weighted by Crippen LogP contribution is 2.26. The monoisotopic (exact) mass is 772 g/mol. The van der Waals surface area contributed by atoms with E-state index in [-0.39, 0.29) is 5.82 Å². The third-order valence-electron chi connectivity index (χ3n) is 8.67. The van der Waals surface area contributed by atoms with Crippen molar-refractivity contribution in [1.29, 1.82) is 0 Å². The first-order chi connectivity index (χ1) is 25.9. The lowest BCUT2D eigenvalue weighted by Crippen LogP contribution is -1.97. The molecule has 1 unspecified atom stereocenters. The average molecular weight is 772 g/mol. The van der Waals surface area contributed by atoms with Crippen molar-refractivity contribution in [3.63, 3.8) is 0 Å². The molecule has 0 N–H and O–H groups in total. The minimum absolute atomic E-state index is 0.163. The third kappa shape index (κ3) is 26.1. The Bertz CT molecular complexity index is 1560. The number of thiazole rings is 1. The quantitative estimate of drug-likeness (QED) is 0.132. The minimum atomic E-state index is -0.163. The molecule has 4 heteroatoms. The molecule has 3 aromatic carbocycles. The fourth-order valence-electron chi connectivity index (χ4n) is 4.92. The predicted molar refractivity (Wildman–Crippen MR) is 245 cm³/mol. The van der Waals surface area contributed by atoms with E-state index in [2.05, 4.69) is 164 Å². The summed E-state index contributed by atoms with van der Waals surface area (Å²) in [6.07, 6.45) is 7.57. The van der Waals surface area contributed by atoms with Gasteiger partial charge in [-0.2, -0.15) is 0 Å². The van der Waals surface area contributed by atoms with Gasteiger partial charge in [0.2, 0.25) is 0 Å². The number of fused-ring (bicyclic) bond motifs is 1. The van der Waals surface area contributed by atoms with Crippen molar-refractivity contribution in [2.45, 2.75) is 141 Å². The highest BCUT2D eigenvalue weighted by Gasteiger charge is 2.05. The number of aromatic nitrogens is 1. The smallest absolute Gasteiger partial charge is 0.123 e. The fourth-order valence-corrected chi connectivity index (χ4v) is 5.89. The van der Waals surface area contributed by atoms with Crippen LogP contribution in [0.3, 0.4) is 0 Å². The summed E-state index contributed by atoms with van der Waals surface area (Å²) in [6.45, 7) is 36.6. The molecule has 0 amide bonds. The third-order valence-corrected chi connectivity index (χ3v) is 10.0. The van der Waals surface area contributed by atoms with Crippen molar-refractivity contribution in [2.75, 3.05) is 0 Å². The van der Waals surface area contributed by atoms with Crippen molar-refractivity contribution in [1.82, 2.24) is 4.98 Å². The van der Waals surface area contributed by atoms with Crippen LogP contribution in [0.2, 0.25) is 0 Å². The molecular formula is C51H78FNOS. The van der Waals surface area contributed by atoms with Crippen LogP contribution in [0.15, 0.2) is 114 Å². The number of para-hydroxylation sites is 1. The summed E-state index contributed by atoms with van der Waals surface area (Å²) in [5.41, 5.74) is 3.77. The highest BCUT2D eigenvalue weighted by molar-refractivity contribution is 7.18. The number of allylic oxidation sites excluding steroid dienone is 1. The van der Waals surface area contributed by atoms with Crippen LogP contribution in [0, 0.1) is 35.4 Å². The van der Waals surface area contributed by atoms with Gasteiger partial charge >= 0.3 is 0 Å². The summed E-state index contributed by atoms with van der Waals surface area (Å²) in [4.78, 5) is 4.53. The van der Waals surface area contributed by atoms with Gasteiger partial charge in [0, 0.05) is 11.8 Å². The molecule has 55 heavy (non-hydrogen) atoms. The molecule has 0 aliphatic rings. The maximum absolute atomic E-state index is 12.4. The lowest BCUT2D eigenvalue weighted by molar-refractivity contribution is 0.469. The maximum atomic E-state index is 12.4. The number of rotatable bonds is 10. The summed E-state index contributed by atoms with van der Waals surface area (Å²) < 4.78 is 18.7. The lowest BCUT2D eigenvalue weighted by atomic mass is 9.99. The molecule has 0 aliphatic heterocycles. The van der Waals surface area contributed by atoms with Gasteiger partial charge in [-0.1, -0.05) is 165 Å². The molecule has 0 saturated heterocycles. The zero-order chi connectivity index (χ0) is 41.9. The van der Waals surface area contributed by atoms with Gasteiger partial charge in [-0.25, -0.2) is 9.37 Å². The van der Waals surface area contributed by atoms with Crippen LogP contribution in [-0.2, 0) is 6.42 Å². The normalized spacial score (nSPS) is 11.2. The Morgan fingerprint density at radius 2 is 1.20 bits per heavy atom. The molecule has 306 valence electrons. The Balaban J connectivity index is 0.000000645. The first-order valence-electron chi connectivity index (χ1n) is 20.7. The van der Waals surface area contributed by atoms with Gasteiger partial charge in [0.25, 0.3) is 0 Å². The summed E-state index contributed by atoms with van der Waals surface area (Å²) in [5.74, 6) is 6.43. The number of benzene rings is 3. The van der Waals surface area contributed by atoms with E-state index in [9.17, 15) is 4.39 Å². The van der Waals surface area contributed by atoms with E-state index in [0.717, 1.165) is 34.9 Å². The molecule has 2 heterocycles. The van der Waals surface area contributed by atoms with Crippen molar-refractivity contribution >= 4 is 21.6 Å². The molecule has 1 atom stereocenters. The highest BCUT2D eigenvalue weighted by atomic mass is 32.1. The molecule has 0 aliphatic carbocycles. The van der Waals surface area contributed by atoms with Crippen LogP contribution in [0.5, 0.6) is 0 Å². The summed E-state index contributed by atoms with van der Waals surface area (Å²) in [5, 5.41) is 1.23. The standard InChI is InChI=1S/C11H16.C10H11NS.C9H11F.C7H10O.C7H16.C7H14/c1-10(2)8-9-11-6-4-3-5-7-11;1-7(2)10-11-8-5-3-4-6-9(8)12-10;1-7(2)8-3-5-9(10)6-4-8;1-6(2)7-4-3-5-8-7;1-6(2)5-7(3)4;1-5-7(4)6(2)3/h3-7,10H,8-9H2,1-2H3;3-7H,1-2H3;3-7H,1-2H3;3-6H,1-2H3;6-7H,5H2,1-4H3;5-7H,1H2,2-4H3. The second kappa shape index (κ2) is 29.7. The number of nitrogens with zero attached hydrogens (tertiary/aromatic N) is 1. The number of hydrogen-bond acceptors (Lipinski definition) is 3. The zero-order valence-corrected chi connectivity index (χ0v) is 38.2. The predicted octanol–water partition coefficient (Wildman–Crippen LogP) is 17.2. The van der Waals surface area contributed by atoms with Gasteiger partial charge < -0.3 is 4.42 Å². The Labute approximate surface area is 342 Å². The molecule has 2 aromatic heterocycles. The molecular weight excluding hydrogens is 694 g/mol. The van der Waals surface area contributed by atoms with E-state index in [1.54, 1.807) is 17.6 Å². The average Bonchev–Trinajstić information content (AvgIpc) is 3.84. The lowest BCUT2D eigenvalue weighted by Gasteiger charge is -2.07. The van der Waals surface area contributed by atoms with Gasteiger partial charge in [-0.15, -0.1) is 17.9 Å². The zero-order valence-electron chi connectivity index (χ0n) is 37.4. The molecule has 0 fully saturated rings. The topological polar surface area (TPSA) is 26.0 Å². The summed E-state index contributed by atoms with van der Waals surface area (Å²) >= 11 is 1.79. The van der Waals surface area contributed by atoms with E-state index >= 15 is 0 Å². The van der Waals surface area contributed by atoms with Gasteiger partial charge in [-0.05, 0) is 102 Å². The second-order valence-corrected chi connectivity index (χ2v) is 17.9. The van der Waals surface area contributed by atoms with Gasteiger partial charge in [0.1, 0.15) is 11.6 Å². The minimum Gasteiger partial charge on any atom is -0.469 e. The van der Waals surface area contributed by atoms with Crippen molar-refractivity contribution in [3.8, 4) is 0 Å². The van der Waals surface area contributed by atoms with E-state index in [0.29, 0.717) is 23.7 Å². The Kier molecular flexibility index (Phi) is 27.9. The second-order valence-electron chi connectivity index (χ2n) is 16.8. The first-order valence-corrected chi connectivity index (χ1v) is 21.5. The molecule has 2 nitrogen and oxygen atoms in total. The summed E-state index contributed by atoms with van der Waals surface area (Å²) in [7, 11) is 0. The largest absolute Gasteiger partial charge is 0.469 e. The van der Waals surface area contributed by atoms with E-state index in [1.807, 2.05) is 36.4 Å². The molecule has 0 radical (unpaired) electrons. The number of furan rings is 1. The summed E-state index contributed by atoms with van der Waals surface area (Å²) in [6, 6.07) is 29.5. The maximum Gasteiger partial charge on any atom is 0.123 e. The Morgan fingerprint density at radius 3 is 1.56 bits per heavy atom. The van der Waals surface area contributed by atoms with E-state index in [4.69, 9.17) is 4.42 Å². The molecule has 5 aromatic rings. The number of hydrogen-bond donors (Lipinski definition) is 0. The van der Waals surface area contributed by atoms with E-state index in [1.165, 1.54) is 52.2 Å². The van der Waals surface area contributed by atoms with Crippen molar-refractivity contribution < 1.29 is 8.81 Å². The van der Waals surface area contributed by atoms with E-state index < -0.39 is 0 Å². The van der Waals surface area contributed by atoms with Gasteiger partial charge in [-0.3, -0.25) is 0 Å². The van der Waals surface area contributed by atoms with Crippen LogP contribution in [0.1, 0.15) is 156 Å². The molecule has 5 rings (SSSR count). The number of aryl methyl sites for hydroxylation is 1.